The van der Waals surface area contributed by atoms with Gasteiger partial charge in [-0.3, -0.25) is 0 Å². The van der Waals surface area contributed by atoms with Crippen molar-refractivity contribution in [2.75, 3.05) is 19.8 Å². The summed E-state index contributed by atoms with van der Waals surface area (Å²) in [5.74, 6) is 0. The van der Waals surface area contributed by atoms with E-state index in [1.54, 1.807) is 0 Å². The molecule has 0 radical (unpaired) electrons. The summed E-state index contributed by atoms with van der Waals surface area (Å²) in [4.78, 5) is 0. The summed E-state index contributed by atoms with van der Waals surface area (Å²) in [6.07, 6.45) is 2.96. The van der Waals surface area contributed by atoms with E-state index in [0.29, 0.717) is 19.8 Å². The van der Waals surface area contributed by atoms with Gasteiger partial charge < -0.3 is 9.47 Å². The van der Waals surface area contributed by atoms with Gasteiger partial charge in [0, 0.05) is 6.61 Å². The molecule has 0 aliphatic heterocycles. The molecule has 5 nitrogen and oxygen atoms in total. The monoisotopic (exact) mass is 289 g/mol. The molecule has 2 aromatic rings. The van der Waals surface area contributed by atoms with Crippen LogP contribution in [-0.4, -0.2) is 34.8 Å². The van der Waals surface area contributed by atoms with Gasteiger partial charge in [-0.05, 0) is 18.9 Å². The fourth-order valence-electron chi connectivity index (χ4n) is 1.90. The number of ether oxygens (including phenoxy) is 2. The van der Waals surface area contributed by atoms with Gasteiger partial charge >= 0.3 is 0 Å². The van der Waals surface area contributed by atoms with Crippen molar-refractivity contribution in [1.82, 2.24) is 15.0 Å². The molecule has 0 bridgehead atoms. The van der Waals surface area contributed by atoms with Crippen molar-refractivity contribution in [1.29, 1.82) is 0 Å². The number of hydrogen-bond acceptors (Lipinski definition) is 4. The van der Waals surface area contributed by atoms with Crippen LogP contribution in [0.15, 0.2) is 30.5 Å². The quantitative estimate of drug-likeness (QED) is 0.666. The van der Waals surface area contributed by atoms with E-state index in [0.717, 1.165) is 25.3 Å². The summed E-state index contributed by atoms with van der Waals surface area (Å²) in [5, 5.41) is 8.23. The van der Waals surface area contributed by atoms with Crippen LogP contribution in [0.1, 0.15) is 30.2 Å². The Hall–Kier alpha value is -1.72. The van der Waals surface area contributed by atoms with Crippen molar-refractivity contribution in [2.24, 2.45) is 0 Å². The smallest absolute Gasteiger partial charge is 0.108 e. The van der Waals surface area contributed by atoms with Crippen molar-refractivity contribution in [3.05, 3.63) is 47.3 Å². The second-order valence-corrected chi connectivity index (χ2v) is 5.06. The maximum Gasteiger partial charge on any atom is 0.108 e. The predicted molar refractivity (Wildman–Crippen MR) is 81.1 cm³/mol. The highest BCUT2D eigenvalue weighted by molar-refractivity contribution is 5.21. The van der Waals surface area contributed by atoms with Crippen LogP contribution < -0.4 is 0 Å². The standard InChI is InChI=1S/C16H23N3O2/c1-3-8-20-9-10-21-13-16-12-19(18-17-16)11-15-6-4-14(2)5-7-15/h4-7,12H,3,8-11,13H2,1-2H3. The average Bonchev–Trinajstić information content (AvgIpc) is 2.93. The van der Waals surface area contributed by atoms with E-state index >= 15 is 0 Å². The van der Waals surface area contributed by atoms with Crippen LogP contribution in [-0.2, 0) is 22.6 Å². The molecule has 2 rings (SSSR count). The molecule has 0 amide bonds. The van der Waals surface area contributed by atoms with Gasteiger partial charge in [0.05, 0.1) is 32.6 Å². The molecule has 0 aliphatic carbocycles. The van der Waals surface area contributed by atoms with Crippen molar-refractivity contribution in [3.63, 3.8) is 0 Å². The number of benzene rings is 1. The average molecular weight is 289 g/mol. The highest BCUT2D eigenvalue weighted by Gasteiger charge is 2.02. The van der Waals surface area contributed by atoms with E-state index in [1.807, 2.05) is 10.9 Å². The number of hydrogen-bond donors (Lipinski definition) is 0. The Labute approximate surface area is 125 Å². The van der Waals surface area contributed by atoms with Crippen LogP contribution >= 0.6 is 0 Å². The molecule has 1 aromatic carbocycles. The first-order valence-electron chi connectivity index (χ1n) is 7.38. The predicted octanol–water partition coefficient (Wildman–Crippen LogP) is 2.58. The van der Waals surface area contributed by atoms with Gasteiger partial charge in [-0.25, -0.2) is 4.68 Å². The van der Waals surface area contributed by atoms with E-state index in [-0.39, 0.29) is 0 Å². The zero-order valence-corrected chi connectivity index (χ0v) is 12.8. The molecule has 0 N–H and O–H groups in total. The Morgan fingerprint density at radius 2 is 1.81 bits per heavy atom. The molecule has 0 fully saturated rings. The first-order valence-corrected chi connectivity index (χ1v) is 7.38. The molecule has 21 heavy (non-hydrogen) atoms. The molecule has 0 saturated carbocycles. The third kappa shape index (κ3) is 5.65. The Morgan fingerprint density at radius 1 is 1.05 bits per heavy atom. The van der Waals surface area contributed by atoms with Gasteiger partial charge in [0.15, 0.2) is 0 Å². The first kappa shape index (κ1) is 15.7. The fraction of sp³-hybridized carbons (Fsp3) is 0.500. The van der Waals surface area contributed by atoms with Crippen molar-refractivity contribution in [2.45, 2.75) is 33.4 Å². The Kier molecular flexibility index (Phi) is 6.37. The summed E-state index contributed by atoms with van der Waals surface area (Å²) in [7, 11) is 0. The van der Waals surface area contributed by atoms with Crippen molar-refractivity contribution in [3.8, 4) is 0 Å². The zero-order chi connectivity index (χ0) is 14.9. The highest BCUT2D eigenvalue weighted by Crippen LogP contribution is 2.05. The second kappa shape index (κ2) is 8.54. The summed E-state index contributed by atoms with van der Waals surface area (Å²) in [6, 6.07) is 8.43. The lowest BCUT2D eigenvalue weighted by atomic mass is 10.1. The van der Waals surface area contributed by atoms with Crippen molar-refractivity contribution < 1.29 is 9.47 Å². The molecule has 1 aromatic heterocycles. The maximum absolute atomic E-state index is 5.50. The minimum atomic E-state index is 0.476. The minimum absolute atomic E-state index is 0.476. The van der Waals surface area contributed by atoms with E-state index in [2.05, 4.69) is 48.4 Å². The largest absolute Gasteiger partial charge is 0.379 e. The van der Waals surface area contributed by atoms with Gasteiger partial charge in [0.25, 0.3) is 0 Å². The van der Waals surface area contributed by atoms with Crippen LogP contribution in [0, 0.1) is 6.92 Å². The van der Waals surface area contributed by atoms with Crippen LogP contribution in [0.2, 0.25) is 0 Å². The zero-order valence-electron chi connectivity index (χ0n) is 12.8. The van der Waals surface area contributed by atoms with E-state index in [1.165, 1.54) is 11.1 Å². The molecular formula is C16H23N3O2. The van der Waals surface area contributed by atoms with E-state index < -0.39 is 0 Å². The molecule has 0 atom stereocenters. The molecule has 0 saturated heterocycles. The lowest BCUT2D eigenvalue weighted by Crippen LogP contribution is -2.05. The van der Waals surface area contributed by atoms with Gasteiger partial charge in [-0.15, -0.1) is 5.10 Å². The van der Waals surface area contributed by atoms with Crippen LogP contribution in [0.4, 0.5) is 0 Å². The van der Waals surface area contributed by atoms with Crippen LogP contribution in [0.3, 0.4) is 0 Å². The molecular weight excluding hydrogens is 266 g/mol. The SMILES string of the molecule is CCCOCCOCc1cn(Cc2ccc(C)cc2)nn1. The van der Waals surface area contributed by atoms with Crippen LogP contribution in [0.25, 0.3) is 0 Å². The van der Waals surface area contributed by atoms with Gasteiger partial charge in [-0.2, -0.15) is 0 Å². The number of aromatic nitrogens is 3. The summed E-state index contributed by atoms with van der Waals surface area (Å²) >= 11 is 0. The number of nitrogens with zero attached hydrogens (tertiary/aromatic N) is 3. The molecule has 0 unspecified atom stereocenters. The summed E-state index contributed by atoms with van der Waals surface area (Å²) in [6.45, 7) is 7.38. The first-order chi connectivity index (χ1) is 10.3. The van der Waals surface area contributed by atoms with E-state index in [9.17, 15) is 0 Å². The summed E-state index contributed by atoms with van der Waals surface area (Å²) in [5.41, 5.74) is 3.32. The van der Waals surface area contributed by atoms with E-state index in [4.69, 9.17) is 9.47 Å². The molecule has 0 aliphatic rings. The van der Waals surface area contributed by atoms with Gasteiger partial charge in [0.2, 0.25) is 0 Å². The summed E-state index contributed by atoms with van der Waals surface area (Å²) < 4.78 is 12.7. The Balaban J connectivity index is 1.72. The molecule has 1 heterocycles. The minimum Gasteiger partial charge on any atom is -0.379 e. The topological polar surface area (TPSA) is 49.2 Å². The van der Waals surface area contributed by atoms with Gasteiger partial charge in [-0.1, -0.05) is 42.0 Å². The van der Waals surface area contributed by atoms with Gasteiger partial charge in [0.1, 0.15) is 5.69 Å². The normalized spacial score (nSPS) is 11.0. The fourth-order valence-corrected chi connectivity index (χ4v) is 1.90. The maximum atomic E-state index is 5.50. The highest BCUT2D eigenvalue weighted by atomic mass is 16.5. The molecule has 114 valence electrons. The number of rotatable bonds is 9. The van der Waals surface area contributed by atoms with Crippen molar-refractivity contribution >= 4 is 0 Å². The Morgan fingerprint density at radius 3 is 2.57 bits per heavy atom. The third-order valence-corrected chi connectivity index (χ3v) is 3.02. The lowest BCUT2D eigenvalue weighted by Gasteiger charge is -2.03. The second-order valence-electron chi connectivity index (χ2n) is 5.06. The van der Waals surface area contributed by atoms with Crippen LogP contribution in [0.5, 0.6) is 0 Å². The third-order valence-electron chi connectivity index (χ3n) is 3.02. The molecule has 5 heteroatoms. The number of aryl methyl sites for hydroxylation is 1. The lowest BCUT2D eigenvalue weighted by molar-refractivity contribution is 0.0397. The Bertz CT molecular complexity index is 523. The molecule has 0 spiro atoms.